The van der Waals surface area contributed by atoms with Gasteiger partial charge in [-0.1, -0.05) is 32.1 Å². The fourth-order valence-electron chi connectivity index (χ4n) is 1.99. The van der Waals surface area contributed by atoms with Crippen molar-refractivity contribution in [3.05, 3.63) is 59.6 Å². The van der Waals surface area contributed by atoms with Crippen molar-refractivity contribution in [1.82, 2.24) is 10.4 Å². The number of hydrogen-bond donors (Lipinski definition) is 1. The molecule has 0 aromatic rings. The van der Waals surface area contributed by atoms with Crippen LogP contribution in [0.3, 0.4) is 0 Å². The number of nitrogens with zero attached hydrogens (tertiary/aromatic N) is 2. The molecular formula is C19H29N3O. The van der Waals surface area contributed by atoms with Crippen LogP contribution in [0.5, 0.6) is 0 Å². The molecule has 0 aliphatic carbocycles. The predicted octanol–water partition coefficient (Wildman–Crippen LogP) is 3.98. The van der Waals surface area contributed by atoms with Crippen molar-refractivity contribution in [1.29, 1.82) is 0 Å². The van der Waals surface area contributed by atoms with Crippen LogP contribution in [-0.2, 0) is 4.84 Å². The van der Waals surface area contributed by atoms with Crippen LogP contribution < -0.4 is 5.32 Å². The Balaban J connectivity index is 3.13. The SMILES string of the molecule is C=C(/C=C(\C)C(C)C)/C(=C\C=NC)N1C=CC(NC)=CC(C)O1. The van der Waals surface area contributed by atoms with E-state index in [1.807, 2.05) is 38.4 Å². The van der Waals surface area contributed by atoms with Gasteiger partial charge in [-0.3, -0.25) is 9.83 Å². The van der Waals surface area contributed by atoms with Gasteiger partial charge in [-0.25, -0.2) is 5.06 Å². The molecule has 0 aromatic carbocycles. The Morgan fingerprint density at radius 3 is 2.74 bits per heavy atom. The third kappa shape index (κ3) is 5.91. The highest BCUT2D eigenvalue weighted by Crippen LogP contribution is 2.23. The van der Waals surface area contributed by atoms with E-state index in [1.54, 1.807) is 18.3 Å². The first kappa shape index (κ1) is 19.0. The zero-order valence-electron chi connectivity index (χ0n) is 15.1. The predicted molar refractivity (Wildman–Crippen MR) is 98.9 cm³/mol. The maximum Gasteiger partial charge on any atom is 0.104 e. The van der Waals surface area contributed by atoms with E-state index in [-0.39, 0.29) is 6.10 Å². The molecule has 1 unspecified atom stereocenters. The van der Waals surface area contributed by atoms with E-state index < -0.39 is 0 Å². The van der Waals surface area contributed by atoms with Gasteiger partial charge >= 0.3 is 0 Å². The second kappa shape index (κ2) is 9.16. The molecule has 1 rings (SSSR count). The average molecular weight is 315 g/mol. The molecule has 0 saturated heterocycles. The van der Waals surface area contributed by atoms with Gasteiger partial charge in [0, 0.05) is 32.2 Å². The summed E-state index contributed by atoms with van der Waals surface area (Å²) in [5.74, 6) is 0.477. The molecule has 0 aromatic heterocycles. The van der Waals surface area contributed by atoms with Gasteiger partial charge in [-0.15, -0.1) is 0 Å². The van der Waals surface area contributed by atoms with E-state index in [9.17, 15) is 0 Å². The van der Waals surface area contributed by atoms with Crippen molar-refractivity contribution in [2.75, 3.05) is 14.1 Å². The van der Waals surface area contributed by atoms with Gasteiger partial charge in [-0.05, 0) is 43.6 Å². The van der Waals surface area contributed by atoms with E-state index in [0.717, 1.165) is 17.0 Å². The lowest BCUT2D eigenvalue weighted by atomic mass is 10.0. The van der Waals surface area contributed by atoms with E-state index >= 15 is 0 Å². The number of hydroxylamine groups is 2. The molecule has 4 heteroatoms. The minimum Gasteiger partial charge on any atom is -0.388 e. The lowest BCUT2D eigenvalue weighted by molar-refractivity contribution is -0.113. The molecule has 0 amide bonds. The number of nitrogens with one attached hydrogen (secondary N) is 1. The van der Waals surface area contributed by atoms with Crippen LogP contribution in [0, 0.1) is 5.92 Å². The average Bonchev–Trinajstić information content (AvgIpc) is 2.68. The highest BCUT2D eigenvalue weighted by atomic mass is 16.7. The van der Waals surface area contributed by atoms with Gasteiger partial charge in [0.15, 0.2) is 0 Å². The maximum absolute atomic E-state index is 5.98. The number of aliphatic imine (C=N–C) groups is 1. The number of allylic oxidation sites excluding steroid dienone is 4. The van der Waals surface area contributed by atoms with Crippen molar-refractivity contribution in [2.45, 2.75) is 33.8 Å². The van der Waals surface area contributed by atoms with Crippen LogP contribution in [0.1, 0.15) is 27.7 Å². The van der Waals surface area contributed by atoms with Gasteiger partial charge in [-0.2, -0.15) is 0 Å². The van der Waals surface area contributed by atoms with Crippen LogP contribution in [-0.4, -0.2) is 31.5 Å². The summed E-state index contributed by atoms with van der Waals surface area (Å²) in [6.45, 7) is 12.7. The fourth-order valence-corrected chi connectivity index (χ4v) is 1.99. The van der Waals surface area contributed by atoms with Gasteiger partial charge in [0.1, 0.15) is 6.10 Å². The Morgan fingerprint density at radius 2 is 2.17 bits per heavy atom. The Kier molecular flexibility index (Phi) is 7.55. The minimum atomic E-state index is -0.0580. The minimum absolute atomic E-state index is 0.0580. The molecule has 1 N–H and O–H groups in total. The Hall–Kier alpha value is -2.07. The summed E-state index contributed by atoms with van der Waals surface area (Å²) in [4.78, 5) is 10.0. The number of likely N-dealkylation sites (N-methyl/N-ethyl adjacent to an activating group) is 1. The smallest absolute Gasteiger partial charge is 0.104 e. The first-order chi connectivity index (χ1) is 10.9. The highest BCUT2D eigenvalue weighted by molar-refractivity contribution is 5.73. The summed E-state index contributed by atoms with van der Waals surface area (Å²) in [7, 11) is 3.64. The van der Waals surface area contributed by atoms with Crippen molar-refractivity contribution in [2.24, 2.45) is 10.9 Å². The lowest BCUT2D eigenvalue weighted by Crippen LogP contribution is -2.22. The van der Waals surface area contributed by atoms with Crippen LogP contribution >= 0.6 is 0 Å². The second-order valence-electron chi connectivity index (χ2n) is 5.85. The largest absolute Gasteiger partial charge is 0.388 e. The van der Waals surface area contributed by atoms with Gasteiger partial charge in [0.2, 0.25) is 0 Å². The quantitative estimate of drug-likeness (QED) is 0.595. The molecule has 1 heterocycles. The molecule has 0 bridgehead atoms. The van der Waals surface area contributed by atoms with Crippen molar-refractivity contribution in [3.8, 4) is 0 Å². The molecule has 1 aliphatic rings. The summed E-state index contributed by atoms with van der Waals surface area (Å²) in [5, 5.41) is 4.89. The topological polar surface area (TPSA) is 36.9 Å². The first-order valence-electron chi connectivity index (χ1n) is 7.92. The van der Waals surface area contributed by atoms with Crippen molar-refractivity contribution >= 4 is 6.21 Å². The first-order valence-corrected chi connectivity index (χ1v) is 7.92. The standard InChI is InChI=1S/C19H29N3O/c1-14(2)15(3)12-16(4)19(8-10-20-6)22-11-9-18(21-7)13-17(5)23-22/h8-14,17,21H,4H2,1-3,5-7H3/b15-12+,19-8+,20-10?. The van der Waals surface area contributed by atoms with Crippen LogP contribution in [0.25, 0.3) is 0 Å². The highest BCUT2D eigenvalue weighted by Gasteiger charge is 2.16. The molecule has 4 nitrogen and oxygen atoms in total. The maximum atomic E-state index is 5.98. The molecule has 0 saturated carbocycles. The summed E-state index contributed by atoms with van der Waals surface area (Å²) < 4.78 is 0. The molecule has 0 fully saturated rings. The summed E-state index contributed by atoms with van der Waals surface area (Å²) in [6, 6.07) is 0. The van der Waals surface area contributed by atoms with Crippen LogP contribution in [0.15, 0.2) is 64.6 Å². The van der Waals surface area contributed by atoms with Crippen molar-refractivity contribution in [3.63, 3.8) is 0 Å². The van der Waals surface area contributed by atoms with Gasteiger partial charge < -0.3 is 5.32 Å². The van der Waals surface area contributed by atoms with E-state index in [0.29, 0.717) is 5.92 Å². The molecule has 0 radical (unpaired) electrons. The fraction of sp³-hybridized carbons (Fsp3) is 0.421. The third-order valence-corrected chi connectivity index (χ3v) is 3.63. The summed E-state index contributed by atoms with van der Waals surface area (Å²) in [5.41, 5.74) is 4.04. The van der Waals surface area contributed by atoms with Crippen molar-refractivity contribution < 1.29 is 4.84 Å². The zero-order valence-corrected chi connectivity index (χ0v) is 15.1. The number of hydrogen-bond acceptors (Lipinski definition) is 4. The van der Waals surface area contributed by atoms with E-state index in [2.05, 4.69) is 43.7 Å². The molecule has 126 valence electrons. The normalized spacial score (nSPS) is 20.0. The van der Waals surface area contributed by atoms with Gasteiger partial charge in [0.25, 0.3) is 0 Å². The molecule has 23 heavy (non-hydrogen) atoms. The molecule has 0 spiro atoms. The number of rotatable bonds is 6. The van der Waals surface area contributed by atoms with Gasteiger partial charge in [0.05, 0.1) is 5.70 Å². The molecular weight excluding hydrogens is 286 g/mol. The Morgan fingerprint density at radius 1 is 1.48 bits per heavy atom. The van der Waals surface area contributed by atoms with Crippen LogP contribution in [0.4, 0.5) is 0 Å². The summed E-state index contributed by atoms with van der Waals surface area (Å²) >= 11 is 0. The summed E-state index contributed by atoms with van der Waals surface area (Å²) in [6.07, 6.45) is 11.6. The Bertz CT molecular complexity index is 565. The zero-order chi connectivity index (χ0) is 17.4. The van der Waals surface area contributed by atoms with Crippen LogP contribution in [0.2, 0.25) is 0 Å². The van der Waals surface area contributed by atoms with E-state index in [1.165, 1.54) is 5.57 Å². The molecule has 1 aliphatic heterocycles. The van der Waals surface area contributed by atoms with E-state index in [4.69, 9.17) is 4.84 Å². The monoisotopic (exact) mass is 315 g/mol. The molecule has 1 atom stereocenters. The second-order valence-corrected chi connectivity index (χ2v) is 5.85. The lowest BCUT2D eigenvalue weighted by Gasteiger charge is -2.24. The Labute approximate surface area is 140 Å². The third-order valence-electron chi connectivity index (χ3n) is 3.63.